The Morgan fingerprint density at radius 2 is 2.10 bits per heavy atom. The molecule has 0 saturated carbocycles. The molecule has 20 heavy (non-hydrogen) atoms. The Labute approximate surface area is 119 Å². The summed E-state index contributed by atoms with van der Waals surface area (Å²) in [4.78, 5) is 11.9. The second-order valence-corrected chi connectivity index (χ2v) is 5.13. The standard InChI is InChI=1S/C16H21FN2O/c1-11(2)12(3)10-19-16(20)14-7-6-13(5-4-8-18)15(17)9-14/h6-7,9,11-12H,8,10,18H2,1-3H3,(H,19,20). The zero-order chi connectivity index (χ0) is 15.1. The minimum Gasteiger partial charge on any atom is -0.352 e. The van der Waals surface area contributed by atoms with Gasteiger partial charge in [0.1, 0.15) is 5.82 Å². The van der Waals surface area contributed by atoms with Gasteiger partial charge in [-0.15, -0.1) is 0 Å². The zero-order valence-corrected chi connectivity index (χ0v) is 12.2. The first-order valence-electron chi connectivity index (χ1n) is 6.72. The zero-order valence-electron chi connectivity index (χ0n) is 12.2. The summed E-state index contributed by atoms with van der Waals surface area (Å²) in [6.45, 7) is 7.02. The molecule has 0 heterocycles. The average molecular weight is 276 g/mol. The van der Waals surface area contributed by atoms with Crippen molar-refractivity contribution in [2.75, 3.05) is 13.1 Å². The Morgan fingerprint density at radius 1 is 1.40 bits per heavy atom. The van der Waals surface area contributed by atoms with Crippen molar-refractivity contribution in [1.29, 1.82) is 0 Å². The maximum Gasteiger partial charge on any atom is 0.251 e. The van der Waals surface area contributed by atoms with Crippen molar-refractivity contribution in [3.63, 3.8) is 0 Å². The van der Waals surface area contributed by atoms with Crippen LogP contribution in [0, 0.1) is 29.5 Å². The van der Waals surface area contributed by atoms with Crippen molar-refractivity contribution in [2.24, 2.45) is 17.6 Å². The number of nitrogens with two attached hydrogens (primary N) is 1. The summed E-state index contributed by atoms with van der Waals surface area (Å²) in [5.41, 5.74) is 5.79. The largest absolute Gasteiger partial charge is 0.352 e. The summed E-state index contributed by atoms with van der Waals surface area (Å²) < 4.78 is 13.7. The topological polar surface area (TPSA) is 55.1 Å². The SMILES string of the molecule is CC(C)C(C)CNC(=O)c1ccc(C#CCN)c(F)c1. The molecule has 1 aromatic rings. The van der Waals surface area contributed by atoms with Crippen LogP contribution < -0.4 is 11.1 Å². The molecule has 0 aliphatic rings. The van der Waals surface area contributed by atoms with Crippen LogP contribution >= 0.6 is 0 Å². The molecule has 0 spiro atoms. The summed E-state index contributed by atoms with van der Waals surface area (Å²) >= 11 is 0. The number of nitrogens with one attached hydrogen (secondary N) is 1. The molecule has 0 bridgehead atoms. The molecule has 1 amide bonds. The summed E-state index contributed by atoms with van der Waals surface area (Å²) in [6.07, 6.45) is 0. The van der Waals surface area contributed by atoms with Crippen LogP contribution in [-0.4, -0.2) is 19.0 Å². The highest BCUT2D eigenvalue weighted by Gasteiger charge is 2.12. The minimum atomic E-state index is -0.504. The summed E-state index contributed by atoms with van der Waals surface area (Å²) in [5.74, 6) is 5.29. The van der Waals surface area contributed by atoms with E-state index in [0.717, 1.165) is 0 Å². The number of hydrogen-bond acceptors (Lipinski definition) is 2. The van der Waals surface area contributed by atoms with Gasteiger partial charge in [-0.1, -0.05) is 32.6 Å². The lowest BCUT2D eigenvalue weighted by molar-refractivity contribution is 0.0944. The molecule has 3 N–H and O–H groups in total. The summed E-state index contributed by atoms with van der Waals surface area (Å²) in [6, 6.07) is 4.27. The maximum atomic E-state index is 13.7. The first-order chi connectivity index (χ1) is 9.45. The molecule has 1 aromatic carbocycles. The van der Waals surface area contributed by atoms with E-state index in [-0.39, 0.29) is 18.0 Å². The van der Waals surface area contributed by atoms with Gasteiger partial charge in [-0.05, 0) is 30.0 Å². The molecule has 0 aliphatic heterocycles. The fraction of sp³-hybridized carbons (Fsp3) is 0.438. The Balaban J connectivity index is 2.73. The number of halogens is 1. The van der Waals surface area contributed by atoms with Gasteiger partial charge in [0.05, 0.1) is 12.1 Å². The number of rotatable bonds is 4. The molecule has 3 nitrogen and oxygen atoms in total. The van der Waals surface area contributed by atoms with E-state index in [2.05, 4.69) is 37.9 Å². The van der Waals surface area contributed by atoms with Crippen molar-refractivity contribution in [3.8, 4) is 11.8 Å². The second kappa shape index (κ2) is 7.66. The molecule has 0 fully saturated rings. The molecule has 0 aliphatic carbocycles. The molecular formula is C16H21FN2O. The highest BCUT2D eigenvalue weighted by molar-refractivity contribution is 5.94. The van der Waals surface area contributed by atoms with E-state index in [1.54, 1.807) is 6.07 Å². The third-order valence-electron chi connectivity index (χ3n) is 3.28. The maximum absolute atomic E-state index is 13.7. The van der Waals surface area contributed by atoms with Crippen LogP contribution in [0.4, 0.5) is 4.39 Å². The normalized spacial score (nSPS) is 11.7. The third kappa shape index (κ3) is 4.67. The summed E-state index contributed by atoms with van der Waals surface area (Å²) in [5, 5.41) is 2.81. The summed E-state index contributed by atoms with van der Waals surface area (Å²) in [7, 11) is 0. The molecule has 108 valence electrons. The van der Waals surface area contributed by atoms with Gasteiger partial charge in [0, 0.05) is 12.1 Å². The van der Waals surface area contributed by atoms with E-state index >= 15 is 0 Å². The van der Waals surface area contributed by atoms with Crippen LogP contribution in [-0.2, 0) is 0 Å². The molecule has 0 aromatic heterocycles. The van der Waals surface area contributed by atoms with Gasteiger partial charge in [-0.2, -0.15) is 0 Å². The van der Waals surface area contributed by atoms with Crippen molar-refractivity contribution in [3.05, 3.63) is 35.1 Å². The predicted molar refractivity (Wildman–Crippen MR) is 78.7 cm³/mol. The highest BCUT2D eigenvalue weighted by atomic mass is 19.1. The molecule has 1 atom stereocenters. The molecular weight excluding hydrogens is 255 g/mol. The quantitative estimate of drug-likeness (QED) is 0.828. The van der Waals surface area contributed by atoms with Crippen molar-refractivity contribution in [1.82, 2.24) is 5.32 Å². The van der Waals surface area contributed by atoms with Gasteiger partial charge in [0.2, 0.25) is 0 Å². The van der Waals surface area contributed by atoms with E-state index in [1.165, 1.54) is 12.1 Å². The van der Waals surface area contributed by atoms with Crippen LogP contribution in [0.15, 0.2) is 18.2 Å². The number of hydrogen-bond donors (Lipinski definition) is 2. The third-order valence-corrected chi connectivity index (χ3v) is 3.28. The number of benzene rings is 1. The molecule has 4 heteroatoms. The van der Waals surface area contributed by atoms with Crippen molar-refractivity contribution < 1.29 is 9.18 Å². The van der Waals surface area contributed by atoms with Crippen molar-refractivity contribution >= 4 is 5.91 Å². The Morgan fingerprint density at radius 3 is 2.65 bits per heavy atom. The van der Waals surface area contributed by atoms with Gasteiger partial charge in [-0.25, -0.2) is 4.39 Å². The van der Waals surface area contributed by atoms with Crippen molar-refractivity contribution in [2.45, 2.75) is 20.8 Å². The fourth-order valence-electron chi connectivity index (χ4n) is 1.50. The lowest BCUT2D eigenvalue weighted by atomic mass is 9.98. The van der Waals surface area contributed by atoms with E-state index in [9.17, 15) is 9.18 Å². The van der Waals surface area contributed by atoms with Crippen LogP contribution in [0.1, 0.15) is 36.7 Å². The smallest absolute Gasteiger partial charge is 0.251 e. The van der Waals surface area contributed by atoms with Gasteiger partial charge in [-0.3, -0.25) is 4.79 Å². The predicted octanol–water partition coefficient (Wildman–Crippen LogP) is 2.16. The Bertz CT molecular complexity index is 529. The number of carbonyl (C=O) groups excluding carboxylic acids is 1. The number of carbonyl (C=O) groups is 1. The second-order valence-electron chi connectivity index (χ2n) is 5.13. The molecule has 0 radical (unpaired) electrons. The average Bonchev–Trinajstić information content (AvgIpc) is 2.42. The highest BCUT2D eigenvalue weighted by Crippen LogP contribution is 2.11. The minimum absolute atomic E-state index is 0.175. The lowest BCUT2D eigenvalue weighted by Gasteiger charge is -2.16. The van der Waals surface area contributed by atoms with Gasteiger partial charge >= 0.3 is 0 Å². The first kappa shape index (κ1) is 16.2. The van der Waals surface area contributed by atoms with Gasteiger partial charge in [0.25, 0.3) is 5.91 Å². The number of amides is 1. The van der Waals surface area contributed by atoms with E-state index in [4.69, 9.17) is 5.73 Å². The first-order valence-corrected chi connectivity index (χ1v) is 6.72. The molecule has 1 rings (SSSR count). The monoisotopic (exact) mass is 276 g/mol. The molecule has 1 unspecified atom stereocenters. The fourth-order valence-corrected chi connectivity index (χ4v) is 1.50. The van der Waals surface area contributed by atoms with Crippen LogP contribution in [0.2, 0.25) is 0 Å². The molecule has 0 saturated heterocycles. The van der Waals surface area contributed by atoms with Crippen LogP contribution in [0.25, 0.3) is 0 Å². The lowest BCUT2D eigenvalue weighted by Crippen LogP contribution is -2.30. The van der Waals surface area contributed by atoms with E-state index in [1.807, 2.05) is 0 Å². The van der Waals surface area contributed by atoms with Crippen LogP contribution in [0.5, 0.6) is 0 Å². The van der Waals surface area contributed by atoms with E-state index < -0.39 is 5.82 Å². The van der Waals surface area contributed by atoms with E-state index in [0.29, 0.717) is 23.9 Å². The van der Waals surface area contributed by atoms with Crippen LogP contribution in [0.3, 0.4) is 0 Å². The Hall–Kier alpha value is -1.86. The Kier molecular flexibility index (Phi) is 6.20. The van der Waals surface area contributed by atoms with Gasteiger partial charge in [0.15, 0.2) is 0 Å². The van der Waals surface area contributed by atoms with Gasteiger partial charge < -0.3 is 11.1 Å².